The Labute approximate surface area is 212 Å². The number of rotatable bonds is 6. The van der Waals surface area contributed by atoms with E-state index in [1.807, 2.05) is 52.1 Å². The van der Waals surface area contributed by atoms with Gasteiger partial charge in [-0.15, -0.1) is 4.72 Å². The van der Waals surface area contributed by atoms with Crippen molar-refractivity contribution in [1.29, 1.82) is 0 Å². The monoisotopic (exact) mass is 498 g/mol. The number of amides is 1. The zero-order chi connectivity index (χ0) is 25.1. The largest absolute Gasteiger partial charge is 0.598 e. The number of hydrogen-bond donors (Lipinski definition) is 1. The van der Waals surface area contributed by atoms with Crippen LogP contribution in [0.1, 0.15) is 70.7 Å². The normalized spacial score (nSPS) is 20.4. The Balaban J connectivity index is 1.40. The minimum absolute atomic E-state index is 0.0460. The van der Waals surface area contributed by atoms with Gasteiger partial charge in [0, 0.05) is 43.7 Å². The molecule has 35 heavy (non-hydrogen) atoms. The molecule has 1 saturated carbocycles. The van der Waals surface area contributed by atoms with Crippen LogP contribution in [0.4, 0.5) is 4.79 Å². The van der Waals surface area contributed by atoms with Gasteiger partial charge in [-0.05, 0) is 64.3 Å². The predicted octanol–water partition coefficient (Wildman–Crippen LogP) is 4.78. The molecular formula is C27H38N4O3S. The molecule has 2 aromatic rings. The third-order valence-corrected chi connectivity index (χ3v) is 8.81. The lowest BCUT2D eigenvalue weighted by atomic mass is 9.89. The molecule has 0 bridgehead atoms. The topological polar surface area (TPSA) is 80.8 Å². The van der Waals surface area contributed by atoms with Gasteiger partial charge in [-0.3, -0.25) is 9.88 Å². The van der Waals surface area contributed by atoms with Gasteiger partial charge in [0.1, 0.15) is 10.5 Å². The summed E-state index contributed by atoms with van der Waals surface area (Å²) in [5, 5.41) is 0. The molecule has 1 N–H and O–H groups in total. The SMILES string of the molecule is C[C@H](N[S@@+]([O-])C(C)(C)C)c1ccc(C2(N3CCN(C(=O)Oc4ccccc4)CC3)CCCC2)nc1. The molecule has 1 aromatic carbocycles. The summed E-state index contributed by atoms with van der Waals surface area (Å²) < 4.78 is 20.9. The Bertz CT molecular complexity index is 966. The predicted molar refractivity (Wildman–Crippen MR) is 139 cm³/mol. The number of benzene rings is 1. The van der Waals surface area contributed by atoms with Crippen molar-refractivity contribution in [2.45, 2.75) is 69.7 Å². The molecule has 0 radical (unpaired) electrons. The smallest absolute Gasteiger partial charge is 0.415 e. The van der Waals surface area contributed by atoms with E-state index < -0.39 is 11.4 Å². The van der Waals surface area contributed by atoms with Crippen LogP contribution in [0.2, 0.25) is 0 Å². The summed E-state index contributed by atoms with van der Waals surface area (Å²) in [4.78, 5) is 21.9. The third kappa shape index (κ3) is 6.00. The van der Waals surface area contributed by atoms with Crippen molar-refractivity contribution in [3.8, 4) is 5.75 Å². The fourth-order valence-corrected chi connectivity index (χ4v) is 5.82. The molecule has 1 aromatic heterocycles. The van der Waals surface area contributed by atoms with Crippen LogP contribution in [0.25, 0.3) is 0 Å². The average Bonchev–Trinajstić information content (AvgIpc) is 3.35. The van der Waals surface area contributed by atoms with Crippen LogP contribution < -0.4 is 9.46 Å². The van der Waals surface area contributed by atoms with Gasteiger partial charge in [-0.25, -0.2) is 4.79 Å². The second kappa shape index (κ2) is 10.9. The highest BCUT2D eigenvalue weighted by Crippen LogP contribution is 2.43. The summed E-state index contributed by atoms with van der Waals surface area (Å²) in [6.45, 7) is 10.8. The van der Waals surface area contributed by atoms with Gasteiger partial charge < -0.3 is 14.2 Å². The van der Waals surface area contributed by atoms with Crippen molar-refractivity contribution in [2.75, 3.05) is 26.2 Å². The highest BCUT2D eigenvalue weighted by Gasteiger charge is 2.44. The summed E-state index contributed by atoms with van der Waals surface area (Å²) in [6.07, 6.45) is 6.17. The first kappa shape index (κ1) is 25.9. The molecule has 2 atom stereocenters. The average molecular weight is 499 g/mol. The minimum atomic E-state index is -1.14. The van der Waals surface area contributed by atoms with E-state index in [1.165, 1.54) is 12.8 Å². The number of ether oxygens (including phenoxy) is 1. The molecule has 1 saturated heterocycles. The molecular weight excluding hydrogens is 460 g/mol. The lowest BCUT2D eigenvalue weighted by Gasteiger charge is -2.45. The van der Waals surface area contributed by atoms with Crippen molar-refractivity contribution >= 4 is 17.5 Å². The van der Waals surface area contributed by atoms with Crippen molar-refractivity contribution in [1.82, 2.24) is 19.5 Å². The number of piperazine rings is 1. The number of pyridine rings is 1. The maximum absolute atomic E-state index is 12.6. The van der Waals surface area contributed by atoms with E-state index in [1.54, 1.807) is 17.0 Å². The Morgan fingerprint density at radius 1 is 1.09 bits per heavy atom. The molecule has 1 amide bonds. The second-order valence-corrected chi connectivity index (χ2v) is 12.6. The molecule has 2 heterocycles. The Morgan fingerprint density at radius 2 is 1.74 bits per heavy atom. The van der Waals surface area contributed by atoms with E-state index in [9.17, 15) is 9.35 Å². The van der Waals surface area contributed by atoms with E-state index >= 15 is 0 Å². The van der Waals surface area contributed by atoms with Gasteiger partial charge in [-0.1, -0.05) is 37.1 Å². The molecule has 2 fully saturated rings. The quantitative estimate of drug-likeness (QED) is 0.578. The molecule has 1 aliphatic carbocycles. The lowest BCUT2D eigenvalue weighted by Crippen LogP contribution is -2.56. The Morgan fingerprint density at radius 3 is 2.31 bits per heavy atom. The maximum atomic E-state index is 12.6. The molecule has 8 heteroatoms. The summed E-state index contributed by atoms with van der Waals surface area (Å²) >= 11 is -1.14. The van der Waals surface area contributed by atoms with Crippen LogP contribution in [0.3, 0.4) is 0 Å². The fraction of sp³-hybridized carbons (Fsp3) is 0.556. The van der Waals surface area contributed by atoms with Crippen LogP contribution in [-0.2, 0) is 16.9 Å². The van der Waals surface area contributed by atoms with Crippen LogP contribution in [0.15, 0.2) is 48.7 Å². The van der Waals surface area contributed by atoms with Crippen molar-refractivity contribution < 1.29 is 14.1 Å². The van der Waals surface area contributed by atoms with Crippen molar-refractivity contribution in [2.24, 2.45) is 0 Å². The summed E-state index contributed by atoms with van der Waals surface area (Å²) in [5.41, 5.74) is 2.05. The van der Waals surface area contributed by atoms with Gasteiger partial charge in [0.05, 0.1) is 17.3 Å². The van der Waals surface area contributed by atoms with Crippen LogP contribution in [-0.4, -0.2) is 56.4 Å². The van der Waals surface area contributed by atoms with E-state index in [0.29, 0.717) is 18.8 Å². The lowest BCUT2D eigenvalue weighted by molar-refractivity contribution is 0.0329. The summed E-state index contributed by atoms with van der Waals surface area (Å²) in [7, 11) is 0. The fourth-order valence-electron chi connectivity index (χ4n) is 5.01. The zero-order valence-electron chi connectivity index (χ0n) is 21.3. The van der Waals surface area contributed by atoms with Gasteiger partial charge >= 0.3 is 6.09 Å². The van der Waals surface area contributed by atoms with E-state index in [0.717, 1.165) is 37.2 Å². The van der Waals surface area contributed by atoms with Crippen LogP contribution >= 0.6 is 0 Å². The number of carbonyl (C=O) groups is 1. The number of nitrogens with zero attached hydrogens (tertiary/aromatic N) is 3. The van der Waals surface area contributed by atoms with Gasteiger partial charge in [-0.2, -0.15) is 0 Å². The molecule has 4 rings (SSSR count). The van der Waals surface area contributed by atoms with Crippen LogP contribution in [0.5, 0.6) is 5.75 Å². The van der Waals surface area contributed by atoms with E-state index in [4.69, 9.17) is 9.72 Å². The highest BCUT2D eigenvalue weighted by atomic mass is 32.2. The Kier molecular flexibility index (Phi) is 8.06. The standard InChI is InChI=1S/C27H38N4O3S/c1-21(29-35(33)26(2,3)4)22-12-13-24(28-20-22)27(14-8-9-15-27)31-18-16-30(17-19-31)25(32)34-23-10-6-5-7-11-23/h5-7,10-13,20-21,29H,8-9,14-19H2,1-4H3/t21-,35-/m0/s1. The third-order valence-electron chi connectivity index (χ3n) is 7.13. The summed E-state index contributed by atoms with van der Waals surface area (Å²) in [6, 6.07) is 13.5. The molecule has 1 aliphatic heterocycles. The zero-order valence-corrected chi connectivity index (χ0v) is 22.1. The highest BCUT2D eigenvalue weighted by molar-refractivity contribution is 7.90. The number of nitrogens with one attached hydrogen (secondary N) is 1. The van der Waals surface area contributed by atoms with E-state index in [-0.39, 0.29) is 22.4 Å². The van der Waals surface area contributed by atoms with Crippen molar-refractivity contribution in [3.63, 3.8) is 0 Å². The minimum Gasteiger partial charge on any atom is -0.598 e. The van der Waals surface area contributed by atoms with Crippen LogP contribution in [0, 0.1) is 0 Å². The summed E-state index contributed by atoms with van der Waals surface area (Å²) in [5.74, 6) is 0.575. The number of hydrogen-bond acceptors (Lipinski definition) is 6. The molecule has 0 unspecified atom stereocenters. The van der Waals surface area contributed by atoms with E-state index in [2.05, 4.69) is 21.8 Å². The first-order valence-electron chi connectivity index (χ1n) is 12.6. The number of para-hydroxylation sites is 1. The van der Waals surface area contributed by atoms with Gasteiger partial charge in [0.2, 0.25) is 0 Å². The maximum Gasteiger partial charge on any atom is 0.415 e. The number of aromatic nitrogens is 1. The molecule has 2 aliphatic rings. The van der Waals surface area contributed by atoms with Gasteiger partial charge in [0.25, 0.3) is 0 Å². The van der Waals surface area contributed by atoms with Gasteiger partial charge in [0.15, 0.2) is 0 Å². The second-order valence-electron chi connectivity index (χ2n) is 10.6. The molecule has 190 valence electrons. The first-order chi connectivity index (χ1) is 16.7. The first-order valence-corrected chi connectivity index (χ1v) is 13.8. The van der Waals surface area contributed by atoms with Crippen molar-refractivity contribution in [3.05, 3.63) is 59.9 Å². The number of carbonyl (C=O) groups excluding carboxylic acids is 1. The Hall–Kier alpha value is -2.13. The molecule has 7 nitrogen and oxygen atoms in total. The molecule has 0 spiro atoms.